The zero-order valence-corrected chi connectivity index (χ0v) is 9.93. The minimum atomic E-state index is -0.114. The summed E-state index contributed by atoms with van der Waals surface area (Å²) in [5.74, 6) is 1.15. The van der Waals surface area contributed by atoms with E-state index in [1.807, 2.05) is 11.8 Å². The molecule has 0 bridgehead atoms. The van der Waals surface area contributed by atoms with Crippen LogP contribution in [0.2, 0.25) is 0 Å². The van der Waals surface area contributed by atoms with Crippen LogP contribution in [0, 0.1) is 0 Å². The van der Waals surface area contributed by atoms with E-state index in [0.29, 0.717) is 0 Å². The van der Waals surface area contributed by atoms with E-state index in [9.17, 15) is 0 Å². The third kappa shape index (κ3) is 1.69. The van der Waals surface area contributed by atoms with E-state index in [1.165, 1.54) is 12.0 Å². The molecule has 12 heavy (non-hydrogen) atoms. The van der Waals surface area contributed by atoms with Crippen LogP contribution in [0.1, 0.15) is 6.92 Å². The van der Waals surface area contributed by atoms with Crippen LogP contribution >= 0.6 is 11.8 Å². The summed E-state index contributed by atoms with van der Waals surface area (Å²) in [6.45, 7) is 2.18. The van der Waals surface area contributed by atoms with E-state index in [1.54, 1.807) is 0 Å². The molecule has 0 aliphatic rings. The van der Waals surface area contributed by atoms with Crippen LogP contribution in [0.4, 0.5) is 0 Å². The van der Waals surface area contributed by atoms with Gasteiger partial charge < -0.3 is 0 Å². The first-order chi connectivity index (χ1) is 5.90. The van der Waals surface area contributed by atoms with E-state index < -0.39 is 0 Å². The molecule has 0 fully saturated rings. The maximum atomic E-state index is 4.58. The molecule has 0 saturated carbocycles. The van der Waals surface area contributed by atoms with Gasteiger partial charge in [0.2, 0.25) is 0 Å². The van der Waals surface area contributed by atoms with Crippen molar-refractivity contribution in [3.05, 3.63) is 24.3 Å². The molecule has 0 saturated heterocycles. The number of hydrogen-bond acceptors (Lipinski definition) is 2. The number of aromatic nitrogens is 1. The molecule has 1 aromatic carbocycles. The van der Waals surface area contributed by atoms with Crippen LogP contribution in [-0.2, 0) is 0 Å². The monoisotopic (exact) mass is 293 g/mol. The van der Waals surface area contributed by atoms with E-state index in [0.717, 1.165) is 5.75 Å². The molecule has 2 rings (SSSR count). The van der Waals surface area contributed by atoms with Gasteiger partial charge in [0.25, 0.3) is 0 Å². The van der Waals surface area contributed by atoms with Gasteiger partial charge in [0.1, 0.15) is 0 Å². The summed E-state index contributed by atoms with van der Waals surface area (Å²) in [6, 6.07) is 8.50. The molecule has 1 heterocycles. The average molecular weight is 291 g/mol. The fraction of sp³-hybridized carbons (Fsp3) is 0.222. The van der Waals surface area contributed by atoms with Gasteiger partial charge in [-0.3, -0.25) is 0 Å². The molecule has 0 atom stereocenters. The summed E-state index contributed by atoms with van der Waals surface area (Å²) in [5.41, 5.74) is 1.22. The quantitative estimate of drug-likeness (QED) is 0.622. The number of rotatable bonds is 2. The maximum absolute atomic E-state index is 4.58. The van der Waals surface area contributed by atoms with Crippen molar-refractivity contribution in [3.8, 4) is 0 Å². The van der Waals surface area contributed by atoms with Gasteiger partial charge >= 0.3 is 86.1 Å². The number of para-hydroxylation sites is 1. The molecule has 3 heteroatoms. The molecule has 0 spiro atoms. The van der Waals surface area contributed by atoms with Crippen LogP contribution in [0.3, 0.4) is 0 Å². The second-order valence-corrected chi connectivity index (χ2v) is 7.38. The predicted molar refractivity (Wildman–Crippen MR) is 55.1 cm³/mol. The van der Waals surface area contributed by atoms with Crippen molar-refractivity contribution < 1.29 is 0 Å². The Morgan fingerprint density at radius 2 is 2.25 bits per heavy atom. The fourth-order valence-electron chi connectivity index (χ4n) is 1.04. The number of thioether (sulfide) groups is 1. The zero-order chi connectivity index (χ0) is 8.39. The standard InChI is InChI=1S/C9H9NSTe/c1-2-11-9-10-7-5-3-4-6-8(7)12-9/h3-6H,2H2,1H3. The first-order valence-corrected chi connectivity index (χ1v) is 7.20. The van der Waals surface area contributed by atoms with Crippen LogP contribution in [0.15, 0.2) is 27.3 Å². The summed E-state index contributed by atoms with van der Waals surface area (Å²) in [6.07, 6.45) is 0. The van der Waals surface area contributed by atoms with Crippen molar-refractivity contribution in [1.82, 2.24) is 4.98 Å². The van der Waals surface area contributed by atoms with E-state index in [2.05, 4.69) is 36.2 Å². The number of nitrogens with zero attached hydrogens (tertiary/aromatic N) is 1. The Hall–Kier alpha value is 0.0296. The van der Waals surface area contributed by atoms with Crippen molar-refractivity contribution in [1.29, 1.82) is 0 Å². The van der Waals surface area contributed by atoms with Gasteiger partial charge in [0.15, 0.2) is 0 Å². The van der Waals surface area contributed by atoms with Gasteiger partial charge in [0.05, 0.1) is 0 Å². The van der Waals surface area contributed by atoms with Crippen molar-refractivity contribution in [2.24, 2.45) is 0 Å². The molecule has 0 unspecified atom stereocenters. The van der Waals surface area contributed by atoms with Gasteiger partial charge in [-0.15, -0.1) is 0 Å². The fourth-order valence-corrected chi connectivity index (χ4v) is 5.61. The van der Waals surface area contributed by atoms with Crippen molar-refractivity contribution in [3.63, 3.8) is 0 Å². The third-order valence-electron chi connectivity index (χ3n) is 1.54. The summed E-state index contributed by atoms with van der Waals surface area (Å²) < 4.78 is 2.89. The molecule has 0 amide bonds. The number of benzene rings is 1. The summed E-state index contributed by atoms with van der Waals surface area (Å²) in [4.78, 5) is 4.58. The van der Waals surface area contributed by atoms with E-state index in [4.69, 9.17) is 0 Å². The normalized spacial score (nSPS) is 10.8. The van der Waals surface area contributed by atoms with Gasteiger partial charge in [0, 0.05) is 0 Å². The van der Waals surface area contributed by atoms with Crippen molar-refractivity contribution >= 4 is 41.1 Å². The molecule has 0 aliphatic carbocycles. The Morgan fingerprint density at radius 1 is 1.42 bits per heavy atom. The first-order valence-electron chi connectivity index (χ1n) is 3.88. The second-order valence-electron chi connectivity index (χ2n) is 2.38. The van der Waals surface area contributed by atoms with Crippen molar-refractivity contribution in [2.75, 3.05) is 5.75 Å². The minimum absolute atomic E-state index is 0.114. The van der Waals surface area contributed by atoms with Crippen LogP contribution < -0.4 is 0 Å². The Morgan fingerprint density at radius 3 is 3.00 bits per heavy atom. The zero-order valence-electron chi connectivity index (χ0n) is 6.78. The van der Waals surface area contributed by atoms with Crippen LogP contribution in [0.5, 0.6) is 0 Å². The molecular weight excluding hydrogens is 282 g/mol. The molecule has 2 aromatic rings. The van der Waals surface area contributed by atoms with Gasteiger partial charge in [-0.05, 0) is 0 Å². The SMILES string of the molecule is CCSc1nc2ccccc2[te]1. The summed E-state index contributed by atoms with van der Waals surface area (Å²) >= 11 is 1.79. The van der Waals surface area contributed by atoms with Crippen LogP contribution in [-0.4, -0.2) is 31.2 Å². The average Bonchev–Trinajstić information content (AvgIpc) is 2.47. The predicted octanol–water partition coefficient (Wildman–Crippen LogP) is 2.40. The Balaban J connectivity index is 2.47. The molecule has 0 N–H and O–H groups in total. The topological polar surface area (TPSA) is 12.9 Å². The van der Waals surface area contributed by atoms with Gasteiger partial charge in [-0.25, -0.2) is 0 Å². The Labute approximate surface area is 85.8 Å². The summed E-state index contributed by atoms with van der Waals surface area (Å²) in [5, 5.41) is 0. The van der Waals surface area contributed by atoms with Gasteiger partial charge in [-0.2, -0.15) is 0 Å². The number of hydrogen-bond donors (Lipinski definition) is 0. The van der Waals surface area contributed by atoms with E-state index >= 15 is 0 Å². The van der Waals surface area contributed by atoms with Gasteiger partial charge in [-0.1, -0.05) is 0 Å². The van der Waals surface area contributed by atoms with E-state index in [-0.39, 0.29) is 20.4 Å². The number of fused-ring (bicyclic) bond motifs is 1. The Kier molecular flexibility index (Phi) is 2.75. The molecule has 62 valence electrons. The van der Waals surface area contributed by atoms with Crippen molar-refractivity contribution in [2.45, 2.75) is 9.97 Å². The first kappa shape index (κ1) is 8.62. The summed E-state index contributed by atoms with van der Waals surface area (Å²) in [7, 11) is 0. The second kappa shape index (κ2) is 3.83. The molecule has 1 nitrogen and oxygen atoms in total. The molecular formula is C9H9NSTe. The molecule has 0 radical (unpaired) electrons. The molecule has 0 aliphatic heterocycles. The Bertz CT molecular complexity index is 350. The third-order valence-corrected chi connectivity index (χ3v) is 6.11. The molecule has 1 aromatic heterocycles. The van der Waals surface area contributed by atoms with Crippen LogP contribution in [0.25, 0.3) is 8.92 Å².